The number of carbonyl (C=O) groups excluding carboxylic acids is 1. The fourth-order valence-corrected chi connectivity index (χ4v) is 5.55. The molecule has 4 rings (SSSR count). The Kier molecular flexibility index (Phi) is 3.67. The molecule has 3 aliphatic carbocycles. The highest BCUT2D eigenvalue weighted by Gasteiger charge is 2.53. The van der Waals surface area contributed by atoms with Crippen LogP contribution >= 0.6 is 0 Å². The van der Waals surface area contributed by atoms with E-state index in [1.54, 1.807) is 12.1 Å². The summed E-state index contributed by atoms with van der Waals surface area (Å²) in [6, 6.07) is 6.36. The molecule has 0 saturated heterocycles. The van der Waals surface area contributed by atoms with Crippen molar-refractivity contribution in [3.63, 3.8) is 0 Å². The van der Waals surface area contributed by atoms with Crippen LogP contribution < -0.4 is 4.72 Å². The predicted molar refractivity (Wildman–Crippen MR) is 88.7 cm³/mol. The molecule has 6 heteroatoms. The van der Waals surface area contributed by atoms with Gasteiger partial charge in [-0.25, -0.2) is 17.9 Å². The van der Waals surface area contributed by atoms with Gasteiger partial charge >= 0.3 is 6.09 Å². The SMILES string of the molecule is Cc1ccc(S(=O)(=O)NC(=O)O[C@@H]2C[C@H]3C[C@H]2[C@H]2C=CC[C@H]32)cc1. The number of allylic oxidation sites excluding steroid dienone is 2. The van der Waals surface area contributed by atoms with E-state index < -0.39 is 16.1 Å². The van der Waals surface area contributed by atoms with Crippen molar-refractivity contribution in [2.75, 3.05) is 0 Å². The van der Waals surface area contributed by atoms with Crippen LogP contribution in [0.15, 0.2) is 41.3 Å². The molecular formula is C18H21NO4S. The highest BCUT2D eigenvalue weighted by molar-refractivity contribution is 7.90. The maximum absolute atomic E-state index is 12.2. The van der Waals surface area contributed by atoms with E-state index in [1.807, 2.05) is 11.6 Å². The summed E-state index contributed by atoms with van der Waals surface area (Å²) in [6.45, 7) is 1.87. The highest BCUT2D eigenvalue weighted by Crippen LogP contribution is 2.57. The smallest absolute Gasteiger partial charge is 0.421 e. The van der Waals surface area contributed by atoms with Crippen molar-refractivity contribution in [3.05, 3.63) is 42.0 Å². The molecule has 0 heterocycles. The van der Waals surface area contributed by atoms with E-state index in [2.05, 4.69) is 12.2 Å². The minimum Gasteiger partial charge on any atom is -0.445 e. The number of benzene rings is 1. The van der Waals surface area contributed by atoms with E-state index in [0.717, 1.165) is 24.8 Å². The second-order valence-corrected chi connectivity index (χ2v) is 8.85. The van der Waals surface area contributed by atoms with Gasteiger partial charge in [0.25, 0.3) is 10.0 Å². The summed E-state index contributed by atoms with van der Waals surface area (Å²) in [5.41, 5.74) is 0.956. The Morgan fingerprint density at radius 1 is 1.17 bits per heavy atom. The van der Waals surface area contributed by atoms with Crippen LogP contribution in [0.1, 0.15) is 24.8 Å². The van der Waals surface area contributed by atoms with E-state index in [4.69, 9.17) is 4.74 Å². The first-order chi connectivity index (χ1) is 11.4. The monoisotopic (exact) mass is 347 g/mol. The standard InChI is InChI=1S/C18H21NO4S/c1-11-5-7-13(8-6-11)24(21,22)19-18(20)23-17-10-12-9-16(17)15-4-2-3-14(12)15/h2,4-8,12,14-17H,3,9-10H2,1H3,(H,19,20)/t12-,14-,15+,16+,17-/m1/s1. The molecule has 1 amide bonds. The van der Waals surface area contributed by atoms with Crippen LogP contribution in [0.5, 0.6) is 0 Å². The minimum absolute atomic E-state index is 0.0665. The highest BCUT2D eigenvalue weighted by atomic mass is 32.2. The lowest BCUT2D eigenvalue weighted by atomic mass is 9.80. The van der Waals surface area contributed by atoms with Gasteiger partial charge in [0.2, 0.25) is 0 Å². The third kappa shape index (κ3) is 2.62. The summed E-state index contributed by atoms with van der Waals surface area (Å²) in [4.78, 5) is 12.2. The lowest BCUT2D eigenvalue weighted by Crippen LogP contribution is -2.38. The molecule has 0 aliphatic heterocycles. The Morgan fingerprint density at radius 2 is 1.92 bits per heavy atom. The molecule has 0 spiro atoms. The minimum atomic E-state index is -3.89. The molecule has 24 heavy (non-hydrogen) atoms. The van der Waals surface area contributed by atoms with E-state index in [1.165, 1.54) is 12.1 Å². The molecule has 2 bridgehead atoms. The number of amides is 1. The third-order valence-corrected chi connectivity index (χ3v) is 7.08. The quantitative estimate of drug-likeness (QED) is 0.853. The first-order valence-electron chi connectivity index (χ1n) is 8.41. The van der Waals surface area contributed by atoms with Crippen molar-refractivity contribution >= 4 is 16.1 Å². The van der Waals surface area contributed by atoms with Gasteiger partial charge < -0.3 is 4.74 Å². The molecular weight excluding hydrogens is 326 g/mol. The van der Waals surface area contributed by atoms with Crippen LogP contribution in [-0.2, 0) is 14.8 Å². The number of hydrogen-bond donors (Lipinski definition) is 1. The fourth-order valence-electron chi connectivity index (χ4n) is 4.67. The molecule has 0 aromatic heterocycles. The third-order valence-electron chi connectivity index (χ3n) is 5.76. The lowest BCUT2D eigenvalue weighted by molar-refractivity contribution is 0.0454. The largest absolute Gasteiger partial charge is 0.445 e. The van der Waals surface area contributed by atoms with Gasteiger partial charge in [0.1, 0.15) is 6.10 Å². The van der Waals surface area contributed by atoms with E-state index >= 15 is 0 Å². The normalized spacial score (nSPS) is 33.5. The molecule has 0 radical (unpaired) electrons. The van der Waals surface area contributed by atoms with Crippen molar-refractivity contribution in [2.45, 2.75) is 37.2 Å². The second kappa shape index (κ2) is 5.62. The van der Waals surface area contributed by atoms with Crippen LogP contribution in [0.3, 0.4) is 0 Å². The fraction of sp³-hybridized carbons (Fsp3) is 0.500. The summed E-state index contributed by atoms with van der Waals surface area (Å²) in [6.07, 6.45) is 6.49. The Bertz CT molecular complexity index is 784. The molecule has 1 N–H and O–H groups in total. The summed E-state index contributed by atoms with van der Waals surface area (Å²) >= 11 is 0. The first kappa shape index (κ1) is 15.7. The van der Waals surface area contributed by atoms with Crippen molar-refractivity contribution in [1.82, 2.24) is 4.72 Å². The number of rotatable bonds is 3. The average Bonchev–Trinajstić information content (AvgIpc) is 3.19. The number of sulfonamides is 1. The Labute approximate surface area is 142 Å². The van der Waals surface area contributed by atoms with Gasteiger partial charge in [-0.1, -0.05) is 29.8 Å². The molecule has 3 aliphatic rings. The van der Waals surface area contributed by atoms with Crippen LogP contribution in [0.25, 0.3) is 0 Å². The zero-order valence-electron chi connectivity index (χ0n) is 13.5. The van der Waals surface area contributed by atoms with Gasteiger partial charge in [-0.15, -0.1) is 0 Å². The predicted octanol–water partition coefficient (Wildman–Crippen LogP) is 3.01. The maximum atomic E-state index is 12.2. The molecule has 0 unspecified atom stereocenters. The lowest BCUT2D eigenvalue weighted by Gasteiger charge is -2.30. The van der Waals surface area contributed by atoms with Crippen LogP contribution in [0, 0.1) is 30.6 Å². The van der Waals surface area contributed by atoms with Gasteiger partial charge in [-0.05, 0) is 56.1 Å². The molecule has 5 atom stereocenters. The van der Waals surface area contributed by atoms with Gasteiger partial charge in [0.15, 0.2) is 0 Å². The zero-order valence-corrected chi connectivity index (χ0v) is 14.3. The van der Waals surface area contributed by atoms with Crippen LogP contribution in [0.2, 0.25) is 0 Å². The van der Waals surface area contributed by atoms with Gasteiger partial charge in [-0.3, -0.25) is 0 Å². The van der Waals surface area contributed by atoms with Gasteiger partial charge in [-0.2, -0.15) is 0 Å². The summed E-state index contributed by atoms with van der Waals surface area (Å²) in [5.74, 6) is 2.14. The van der Waals surface area contributed by atoms with Crippen LogP contribution in [-0.4, -0.2) is 20.6 Å². The van der Waals surface area contributed by atoms with Crippen molar-refractivity contribution in [3.8, 4) is 0 Å². The number of aryl methyl sites for hydroxylation is 1. The topological polar surface area (TPSA) is 72.5 Å². The van der Waals surface area contributed by atoms with E-state index in [0.29, 0.717) is 23.7 Å². The molecule has 1 aromatic carbocycles. The Hall–Kier alpha value is -1.82. The summed E-state index contributed by atoms with van der Waals surface area (Å²) in [5, 5.41) is 0. The molecule has 2 fully saturated rings. The van der Waals surface area contributed by atoms with E-state index in [9.17, 15) is 13.2 Å². The number of carbonyl (C=O) groups is 1. The molecule has 5 nitrogen and oxygen atoms in total. The zero-order chi connectivity index (χ0) is 16.9. The molecule has 2 saturated carbocycles. The van der Waals surface area contributed by atoms with Crippen LogP contribution in [0.4, 0.5) is 4.79 Å². The number of fused-ring (bicyclic) bond motifs is 5. The van der Waals surface area contributed by atoms with Gasteiger partial charge in [0.05, 0.1) is 4.90 Å². The first-order valence-corrected chi connectivity index (χ1v) is 9.89. The number of ether oxygens (including phenoxy) is 1. The number of nitrogens with one attached hydrogen (secondary N) is 1. The van der Waals surface area contributed by atoms with Crippen molar-refractivity contribution < 1.29 is 17.9 Å². The maximum Gasteiger partial charge on any atom is 0.421 e. The van der Waals surface area contributed by atoms with Gasteiger partial charge in [0, 0.05) is 5.92 Å². The van der Waals surface area contributed by atoms with Crippen molar-refractivity contribution in [1.29, 1.82) is 0 Å². The number of hydrogen-bond acceptors (Lipinski definition) is 4. The molecule has 128 valence electrons. The Balaban J connectivity index is 1.40. The second-order valence-electron chi connectivity index (χ2n) is 7.16. The van der Waals surface area contributed by atoms with E-state index in [-0.39, 0.29) is 11.0 Å². The van der Waals surface area contributed by atoms with Crippen molar-refractivity contribution in [2.24, 2.45) is 23.7 Å². The Morgan fingerprint density at radius 3 is 2.67 bits per heavy atom. The molecule has 1 aromatic rings. The average molecular weight is 347 g/mol. The summed E-state index contributed by atoms with van der Waals surface area (Å²) in [7, 11) is -3.89. The summed E-state index contributed by atoms with van der Waals surface area (Å²) < 4.78 is 32.0.